The van der Waals surface area contributed by atoms with Crippen molar-refractivity contribution in [2.24, 2.45) is 17.8 Å². The van der Waals surface area contributed by atoms with Crippen LogP contribution in [0, 0.1) is 17.8 Å². The van der Waals surface area contributed by atoms with Crippen molar-refractivity contribution in [1.82, 2.24) is 0 Å². The van der Waals surface area contributed by atoms with E-state index in [0.717, 1.165) is 25.0 Å². The monoisotopic (exact) mass is 336 g/mol. The largest absolute Gasteiger partial charge is 0.353 e. The molecule has 2 aliphatic carbocycles. The highest BCUT2D eigenvalue weighted by atomic mass is 16.7. The van der Waals surface area contributed by atoms with Crippen LogP contribution < -0.4 is 0 Å². The van der Waals surface area contributed by atoms with Gasteiger partial charge in [-0.15, -0.1) is 0 Å². The third-order valence-corrected chi connectivity index (χ3v) is 5.03. The molecule has 3 aliphatic rings. The van der Waals surface area contributed by atoms with E-state index in [9.17, 15) is 0 Å². The van der Waals surface area contributed by atoms with E-state index < -0.39 is 0 Å². The van der Waals surface area contributed by atoms with Gasteiger partial charge in [-0.05, 0) is 71.1 Å². The predicted molar refractivity (Wildman–Crippen MR) is 104 cm³/mol. The molecular formula is C22H40O2. The molecule has 1 aliphatic heterocycles. The second-order valence-electron chi connectivity index (χ2n) is 8.20. The molecule has 2 nitrogen and oxygen atoms in total. The van der Waals surface area contributed by atoms with Gasteiger partial charge in [0.15, 0.2) is 6.29 Å². The average Bonchev–Trinajstić information content (AvgIpc) is 2.57. The molecule has 0 aromatic heterocycles. The lowest BCUT2D eigenvalue weighted by atomic mass is 9.92. The Morgan fingerprint density at radius 3 is 1.38 bits per heavy atom. The van der Waals surface area contributed by atoms with E-state index in [4.69, 9.17) is 9.47 Å². The van der Waals surface area contributed by atoms with Gasteiger partial charge in [0.05, 0.1) is 13.2 Å². The van der Waals surface area contributed by atoms with Crippen LogP contribution in [0.25, 0.3) is 0 Å². The second kappa shape index (κ2) is 11.9. The first-order chi connectivity index (χ1) is 11.4. The van der Waals surface area contributed by atoms with Crippen molar-refractivity contribution in [2.45, 2.75) is 86.4 Å². The van der Waals surface area contributed by atoms with Gasteiger partial charge in [-0.1, -0.05) is 44.1 Å². The van der Waals surface area contributed by atoms with Crippen molar-refractivity contribution in [3.63, 3.8) is 0 Å². The smallest absolute Gasteiger partial charge is 0.154 e. The van der Waals surface area contributed by atoms with E-state index in [1.165, 1.54) is 38.5 Å². The van der Waals surface area contributed by atoms with Gasteiger partial charge in [-0.3, -0.25) is 0 Å². The van der Waals surface area contributed by atoms with Crippen LogP contribution in [0.5, 0.6) is 0 Å². The van der Waals surface area contributed by atoms with Crippen molar-refractivity contribution < 1.29 is 9.47 Å². The minimum atomic E-state index is 0.0196. The van der Waals surface area contributed by atoms with Crippen LogP contribution in [0.3, 0.4) is 0 Å². The highest BCUT2D eigenvalue weighted by molar-refractivity contribution is 5.02. The summed E-state index contributed by atoms with van der Waals surface area (Å²) < 4.78 is 10.3. The van der Waals surface area contributed by atoms with Crippen molar-refractivity contribution in [1.29, 1.82) is 0 Å². The SMILES string of the molecule is CC1=CCC(C)CC1.CC1=CCC(C)CC1.CC1COC(C)OC1. The van der Waals surface area contributed by atoms with Gasteiger partial charge in [-0.25, -0.2) is 0 Å². The van der Waals surface area contributed by atoms with Gasteiger partial charge in [0, 0.05) is 5.92 Å². The van der Waals surface area contributed by atoms with Crippen LogP contribution >= 0.6 is 0 Å². The summed E-state index contributed by atoms with van der Waals surface area (Å²) in [5, 5.41) is 0. The molecule has 0 saturated carbocycles. The molecule has 24 heavy (non-hydrogen) atoms. The molecule has 1 heterocycles. The second-order valence-corrected chi connectivity index (χ2v) is 8.20. The number of allylic oxidation sites excluding steroid dienone is 4. The Hall–Kier alpha value is -0.600. The fourth-order valence-corrected chi connectivity index (χ4v) is 2.89. The average molecular weight is 337 g/mol. The molecular weight excluding hydrogens is 296 g/mol. The summed E-state index contributed by atoms with van der Waals surface area (Å²) in [5.41, 5.74) is 3.17. The molecule has 0 N–H and O–H groups in total. The topological polar surface area (TPSA) is 18.5 Å². The lowest BCUT2D eigenvalue weighted by Crippen LogP contribution is -2.27. The zero-order valence-electron chi connectivity index (χ0n) is 16.9. The Balaban J connectivity index is 0.000000180. The van der Waals surface area contributed by atoms with Crippen LogP contribution in [-0.4, -0.2) is 19.5 Å². The fraction of sp³-hybridized carbons (Fsp3) is 0.818. The third kappa shape index (κ3) is 10.3. The van der Waals surface area contributed by atoms with E-state index in [-0.39, 0.29) is 6.29 Å². The van der Waals surface area contributed by atoms with Crippen LogP contribution in [0.4, 0.5) is 0 Å². The zero-order valence-corrected chi connectivity index (χ0v) is 16.9. The van der Waals surface area contributed by atoms with Gasteiger partial charge in [0.2, 0.25) is 0 Å². The summed E-state index contributed by atoms with van der Waals surface area (Å²) in [5.74, 6) is 2.46. The summed E-state index contributed by atoms with van der Waals surface area (Å²) in [6.07, 6.45) is 12.9. The van der Waals surface area contributed by atoms with Crippen molar-refractivity contribution >= 4 is 0 Å². The van der Waals surface area contributed by atoms with Crippen LogP contribution in [0.1, 0.15) is 80.1 Å². The molecule has 0 aromatic rings. The molecule has 0 radical (unpaired) electrons. The summed E-state index contributed by atoms with van der Waals surface area (Å²) in [6.45, 7) is 14.8. The van der Waals surface area contributed by atoms with E-state index in [1.54, 1.807) is 11.1 Å². The highest BCUT2D eigenvalue weighted by Gasteiger charge is 2.13. The summed E-state index contributed by atoms with van der Waals surface area (Å²) >= 11 is 0. The molecule has 140 valence electrons. The highest BCUT2D eigenvalue weighted by Crippen LogP contribution is 2.22. The first kappa shape index (κ1) is 21.4. The van der Waals surface area contributed by atoms with Gasteiger partial charge >= 0.3 is 0 Å². The van der Waals surface area contributed by atoms with Gasteiger partial charge in [-0.2, -0.15) is 0 Å². The van der Waals surface area contributed by atoms with Crippen LogP contribution in [0.2, 0.25) is 0 Å². The number of hydrogen-bond acceptors (Lipinski definition) is 2. The fourth-order valence-electron chi connectivity index (χ4n) is 2.89. The Bertz CT molecular complexity index is 351. The van der Waals surface area contributed by atoms with Crippen molar-refractivity contribution in [3.8, 4) is 0 Å². The van der Waals surface area contributed by atoms with Gasteiger partial charge in [0.1, 0.15) is 0 Å². The maximum atomic E-state index is 5.17. The summed E-state index contributed by atoms with van der Waals surface area (Å²) in [7, 11) is 0. The molecule has 2 unspecified atom stereocenters. The maximum absolute atomic E-state index is 5.17. The van der Waals surface area contributed by atoms with E-state index >= 15 is 0 Å². The lowest BCUT2D eigenvalue weighted by molar-refractivity contribution is -0.187. The zero-order chi connectivity index (χ0) is 17.9. The van der Waals surface area contributed by atoms with E-state index in [2.05, 4.69) is 46.8 Å². The molecule has 0 bridgehead atoms. The van der Waals surface area contributed by atoms with Crippen molar-refractivity contribution in [2.75, 3.05) is 13.2 Å². The van der Waals surface area contributed by atoms with Crippen LogP contribution in [0.15, 0.2) is 23.3 Å². The van der Waals surface area contributed by atoms with Gasteiger partial charge < -0.3 is 9.47 Å². The normalized spacial score (nSPS) is 33.1. The molecule has 0 amide bonds. The Labute approximate surface area is 150 Å². The van der Waals surface area contributed by atoms with E-state index in [1.807, 2.05) is 6.92 Å². The molecule has 0 aromatic carbocycles. The number of rotatable bonds is 0. The number of hydrogen-bond donors (Lipinski definition) is 0. The molecule has 0 spiro atoms. The minimum absolute atomic E-state index is 0.0196. The Kier molecular flexibility index (Phi) is 10.6. The quantitative estimate of drug-likeness (QED) is 0.469. The molecule has 1 fully saturated rings. The number of ether oxygens (including phenoxy) is 2. The van der Waals surface area contributed by atoms with Crippen molar-refractivity contribution in [3.05, 3.63) is 23.3 Å². The standard InChI is InChI=1S/2C8H14.C6H12O2/c2*1-7-3-5-8(2)6-4-7;1-5-3-7-6(2)8-4-5/h2*3,8H,4-6H2,1-2H3;5-6H,3-4H2,1-2H3. The summed E-state index contributed by atoms with van der Waals surface area (Å²) in [6, 6.07) is 0. The molecule has 1 saturated heterocycles. The predicted octanol–water partition coefficient (Wildman–Crippen LogP) is 6.52. The molecule has 3 rings (SSSR count). The van der Waals surface area contributed by atoms with Gasteiger partial charge in [0.25, 0.3) is 0 Å². The van der Waals surface area contributed by atoms with Crippen LogP contribution in [-0.2, 0) is 9.47 Å². The summed E-state index contributed by atoms with van der Waals surface area (Å²) in [4.78, 5) is 0. The maximum Gasteiger partial charge on any atom is 0.154 e. The first-order valence-electron chi connectivity index (χ1n) is 9.91. The molecule has 2 atom stereocenters. The Morgan fingerprint density at radius 1 is 0.708 bits per heavy atom. The lowest BCUT2D eigenvalue weighted by Gasteiger charge is -2.24. The first-order valence-corrected chi connectivity index (χ1v) is 9.91. The van der Waals surface area contributed by atoms with E-state index in [0.29, 0.717) is 5.92 Å². The third-order valence-electron chi connectivity index (χ3n) is 5.03. The Morgan fingerprint density at radius 2 is 1.12 bits per heavy atom. The molecule has 2 heteroatoms. The minimum Gasteiger partial charge on any atom is -0.353 e.